The number of nitrogens with zero attached hydrogens (tertiary/aromatic N) is 10. The Morgan fingerprint density at radius 3 is 2.44 bits per heavy atom. The average molecular weight is 1160 g/mol. The summed E-state index contributed by atoms with van der Waals surface area (Å²) in [6, 6.07) is 18.3. The summed E-state index contributed by atoms with van der Waals surface area (Å²) in [5.41, 5.74) is 7.47. The minimum Gasteiger partial charge on any atom is -0.508 e. The Morgan fingerprint density at radius 1 is 0.893 bits per heavy atom. The fourth-order valence-electron chi connectivity index (χ4n) is 13.6. The maximum absolute atomic E-state index is 17.3. The fraction of sp³-hybridized carbons (Fsp3) is 0.469. The largest absolute Gasteiger partial charge is 0.508 e. The van der Waals surface area contributed by atoms with Crippen LogP contribution in [0.15, 0.2) is 82.5 Å². The highest BCUT2D eigenvalue weighted by Gasteiger charge is 2.50. The molecule has 20 heteroatoms. The van der Waals surface area contributed by atoms with E-state index in [1.165, 1.54) is 0 Å². The zero-order valence-corrected chi connectivity index (χ0v) is 49.5. The predicted octanol–water partition coefficient (Wildman–Crippen LogP) is 11.0. The monoisotopic (exact) mass is 1160 g/mol. The van der Waals surface area contributed by atoms with E-state index in [2.05, 4.69) is 44.3 Å². The van der Waals surface area contributed by atoms with Crippen molar-refractivity contribution in [2.75, 3.05) is 75.4 Å². The lowest BCUT2D eigenvalue weighted by Gasteiger charge is -2.36. The molecule has 0 saturated carbocycles. The van der Waals surface area contributed by atoms with E-state index >= 15 is 4.39 Å². The molecule has 84 heavy (non-hydrogen) atoms. The summed E-state index contributed by atoms with van der Waals surface area (Å²) in [4.78, 5) is 72.0. The van der Waals surface area contributed by atoms with Gasteiger partial charge in [-0.1, -0.05) is 73.0 Å². The maximum atomic E-state index is 17.3. The standard InChI is InChI=1S/C64H74FN11O7S/c1-6-42-14-11-15-45-32-47(77)33-48(54(42)45)56-55(65)57-49(35-66-56)59(73-24-9-7-8-10-25-73)70-62(69-57)82-37-64-22-13-27-76(64)46(21-23-64)36-81-63(80)74-30-28-72(29-31-74)52-34-51(83-71-52)53(39(2)3)61(79)75-26-12-16-50(75)60(78)68-40(4)43-17-19-44(20-18-43)58-41(5)67-38-84-58/h11,14-15,17-20,32-35,38,40,46,50,77H,6-10,12-13,16,21-31,36-37H2,1-5H3,(H,68,78)/t40-,46-,50-,64?/m0/s1. The van der Waals surface area contributed by atoms with Gasteiger partial charge < -0.3 is 44.0 Å². The molecule has 5 aliphatic heterocycles. The van der Waals surface area contributed by atoms with Crippen LogP contribution < -0.4 is 19.9 Å². The lowest BCUT2D eigenvalue weighted by molar-refractivity contribution is -0.134. The quantitative estimate of drug-likeness (QED) is 0.0920. The highest BCUT2D eigenvalue weighted by atomic mass is 32.1. The Balaban J connectivity index is 0.663. The molecule has 7 aromatic rings. The first-order chi connectivity index (χ1) is 40.8. The van der Waals surface area contributed by atoms with E-state index in [9.17, 15) is 19.5 Å². The van der Waals surface area contributed by atoms with Gasteiger partial charge in [-0.25, -0.2) is 14.2 Å². The van der Waals surface area contributed by atoms with Crippen molar-refractivity contribution in [3.8, 4) is 33.5 Å². The lowest BCUT2D eigenvalue weighted by Crippen LogP contribution is -2.50. The molecule has 0 spiro atoms. The zero-order chi connectivity index (χ0) is 58.2. The number of benzene rings is 3. The van der Waals surface area contributed by atoms with Gasteiger partial charge in [0, 0.05) is 69.7 Å². The van der Waals surface area contributed by atoms with Crippen molar-refractivity contribution in [3.05, 3.63) is 106 Å². The number of piperazine rings is 1. The van der Waals surface area contributed by atoms with Gasteiger partial charge in [-0.05, 0) is 132 Å². The number of carbonyl (C=O) groups is 3. The number of rotatable bonds is 15. The Bertz CT molecular complexity index is 3630. The average Bonchev–Trinajstić information content (AvgIpc) is 3.22. The number of phenolic OH excluding ortho intramolecular Hbond substituents is 1. The number of hydrogen-bond donors (Lipinski definition) is 2. The van der Waals surface area contributed by atoms with Crippen LogP contribution in [0.25, 0.3) is 48.9 Å². The molecule has 12 rings (SSSR count). The number of likely N-dealkylation sites (tertiary alicyclic amines) is 1. The Kier molecular flexibility index (Phi) is 16.3. The number of anilines is 2. The fourth-order valence-corrected chi connectivity index (χ4v) is 14.4. The number of amides is 3. The number of carbonyl (C=O) groups excluding carboxylic acids is 3. The first-order valence-electron chi connectivity index (χ1n) is 30.0. The molecule has 3 aromatic carbocycles. The molecule has 5 fully saturated rings. The number of allylic oxidation sites excluding steroid dienone is 1. The number of halogens is 1. The predicted molar refractivity (Wildman–Crippen MR) is 323 cm³/mol. The number of hydrogen-bond acceptors (Lipinski definition) is 16. The zero-order valence-electron chi connectivity index (χ0n) is 48.7. The van der Waals surface area contributed by atoms with E-state index in [1.807, 2.05) is 68.4 Å². The molecule has 9 heterocycles. The van der Waals surface area contributed by atoms with Crippen molar-refractivity contribution in [2.24, 2.45) is 0 Å². The Morgan fingerprint density at radius 2 is 1.69 bits per heavy atom. The van der Waals surface area contributed by atoms with E-state index in [0.717, 1.165) is 121 Å². The normalized spacial score (nSPS) is 20.5. The van der Waals surface area contributed by atoms with Gasteiger partial charge in [-0.3, -0.25) is 19.5 Å². The number of fused-ring (bicyclic) bond motifs is 3. The van der Waals surface area contributed by atoms with Crippen LogP contribution in [0.1, 0.15) is 121 Å². The number of aryl methyl sites for hydroxylation is 2. The van der Waals surface area contributed by atoms with Gasteiger partial charge in [-0.2, -0.15) is 9.97 Å². The summed E-state index contributed by atoms with van der Waals surface area (Å²) in [6.07, 6.45) is 11.0. The molecule has 440 valence electrons. The van der Waals surface area contributed by atoms with Gasteiger partial charge >= 0.3 is 12.1 Å². The number of nitrogens with one attached hydrogen (secondary N) is 1. The third kappa shape index (κ3) is 11.1. The number of ether oxygens (including phenoxy) is 2. The van der Waals surface area contributed by atoms with E-state index in [4.69, 9.17) is 28.9 Å². The topological polar surface area (TPSA) is 196 Å². The van der Waals surface area contributed by atoms with E-state index in [0.29, 0.717) is 86.1 Å². The molecule has 18 nitrogen and oxygen atoms in total. The first kappa shape index (κ1) is 56.8. The van der Waals surface area contributed by atoms with Crippen molar-refractivity contribution >= 4 is 68.1 Å². The van der Waals surface area contributed by atoms with Crippen LogP contribution in [0.5, 0.6) is 11.8 Å². The molecule has 1 unspecified atom stereocenters. The lowest BCUT2D eigenvalue weighted by atomic mass is 9.95. The van der Waals surface area contributed by atoms with Gasteiger partial charge in [0.25, 0.3) is 5.91 Å². The second-order valence-corrected chi connectivity index (χ2v) is 24.4. The molecule has 0 aliphatic carbocycles. The molecule has 5 saturated heterocycles. The molecule has 5 aliphatic rings. The summed E-state index contributed by atoms with van der Waals surface area (Å²) >= 11 is 1.60. The van der Waals surface area contributed by atoms with E-state index < -0.39 is 11.9 Å². The maximum Gasteiger partial charge on any atom is 0.409 e. The molecule has 0 bridgehead atoms. The number of pyridine rings is 1. The molecule has 2 N–H and O–H groups in total. The van der Waals surface area contributed by atoms with Crippen LogP contribution in [0, 0.1) is 12.7 Å². The third-order valence-electron chi connectivity index (χ3n) is 18.0. The van der Waals surface area contributed by atoms with Crippen molar-refractivity contribution in [1.82, 2.24) is 45.1 Å². The van der Waals surface area contributed by atoms with E-state index in [1.54, 1.807) is 45.5 Å². The highest BCUT2D eigenvalue weighted by Crippen LogP contribution is 2.44. The second-order valence-electron chi connectivity index (χ2n) is 23.5. The number of phenols is 1. The molecule has 4 aromatic heterocycles. The molecule has 3 amide bonds. The van der Waals surface area contributed by atoms with E-state index in [-0.39, 0.29) is 65.1 Å². The Hall–Kier alpha value is -7.71. The summed E-state index contributed by atoms with van der Waals surface area (Å²) in [5.74, 6) is 0.489. The summed E-state index contributed by atoms with van der Waals surface area (Å²) in [5, 5.41) is 20.5. The minimum atomic E-state index is -0.625. The van der Waals surface area contributed by atoms with Gasteiger partial charge in [0.05, 0.1) is 38.6 Å². The second kappa shape index (κ2) is 24.1. The first-order valence-corrected chi connectivity index (χ1v) is 30.8. The molecular formula is C64H74FN11O7S. The van der Waals surface area contributed by atoms with Crippen LogP contribution in [0.3, 0.4) is 0 Å². The molecule has 4 atom stereocenters. The molecular weight excluding hydrogens is 1090 g/mol. The summed E-state index contributed by atoms with van der Waals surface area (Å²) in [6.45, 7) is 14.9. The number of thiazole rings is 1. The SMILES string of the molecule is CCc1cccc2cc(O)cc(-c3ncc4c(N5CCCCCC5)nc(OCC56CCCN5[C@H](COC(=O)N5CCN(c7cc(C(C(=O)N8CCC[C@H]8C(=O)N[C@@H](C)c8ccc(-c9scnc9C)cc8)=C(C)C)on7)CC5)CC6)nc4c3F)c12. The molecule has 0 radical (unpaired) electrons. The van der Waals surface area contributed by atoms with Gasteiger partial charge in [0.1, 0.15) is 42.0 Å². The van der Waals surface area contributed by atoms with Crippen LogP contribution >= 0.6 is 11.3 Å². The number of aromatic nitrogens is 5. The Labute approximate surface area is 493 Å². The summed E-state index contributed by atoms with van der Waals surface area (Å²) in [7, 11) is 0. The third-order valence-corrected chi connectivity index (χ3v) is 19.0. The van der Waals surface area contributed by atoms with Crippen LogP contribution in [-0.4, -0.2) is 146 Å². The van der Waals surface area contributed by atoms with Crippen LogP contribution in [-0.2, 0) is 20.7 Å². The number of aromatic hydroxyl groups is 1. The highest BCUT2D eigenvalue weighted by molar-refractivity contribution is 7.13. The van der Waals surface area contributed by atoms with Crippen molar-refractivity contribution in [2.45, 2.75) is 129 Å². The van der Waals surface area contributed by atoms with Gasteiger partial charge in [0.2, 0.25) is 5.91 Å². The smallest absolute Gasteiger partial charge is 0.409 e. The van der Waals surface area contributed by atoms with Gasteiger partial charge in [0.15, 0.2) is 17.4 Å². The summed E-state index contributed by atoms with van der Waals surface area (Å²) < 4.78 is 35.9. The van der Waals surface area contributed by atoms with Crippen molar-refractivity contribution in [1.29, 1.82) is 0 Å². The van der Waals surface area contributed by atoms with Gasteiger partial charge in [-0.15, -0.1) is 11.3 Å². The van der Waals surface area contributed by atoms with Crippen LogP contribution in [0.4, 0.5) is 20.8 Å². The minimum absolute atomic E-state index is 0.000328. The van der Waals surface area contributed by atoms with Crippen molar-refractivity contribution < 1.29 is 37.9 Å². The van der Waals surface area contributed by atoms with Crippen LogP contribution in [0.2, 0.25) is 0 Å². The van der Waals surface area contributed by atoms with Crippen molar-refractivity contribution in [3.63, 3.8) is 0 Å².